The van der Waals surface area contributed by atoms with Crippen LogP contribution in [0.25, 0.3) is 0 Å². The van der Waals surface area contributed by atoms with Crippen LogP contribution >= 0.6 is 0 Å². The highest BCUT2D eigenvalue weighted by atomic mass is 16.2. The average molecular weight is 404 g/mol. The predicted molar refractivity (Wildman–Crippen MR) is 123 cm³/mol. The summed E-state index contributed by atoms with van der Waals surface area (Å²) in [5.41, 5.74) is 1.14. The van der Waals surface area contributed by atoms with E-state index in [1.54, 1.807) is 0 Å². The topological polar surface area (TPSA) is 60.0 Å². The van der Waals surface area contributed by atoms with Gasteiger partial charge in [-0.1, -0.05) is 44.2 Å². The van der Waals surface area contributed by atoms with Crippen molar-refractivity contribution >= 4 is 11.9 Å². The fraction of sp³-hybridized carbons (Fsp3) is 0.652. The van der Waals surface area contributed by atoms with E-state index in [9.17, 15) is 4.79 Å². The van der Waals surface area contributed by atoms with Gasteiger partial charge in [0, 0.05) is 25.7 Å². The van der Waals surface area contributed by atoms with E-state index in [-0.39, 0.29) is 12.5 Å². The Kier molecular flexibility index (Phi) is 12.8. The fourth-order valence-corrected chi connectivity index (χ4v) is 3.21. The lowest BCUT2D eigenvalue weighted by atomic mass is 10.2. The molecule has 0 aromatic heterocycles. The molecule has 0 radical (unpaired) electrons. The van der Waals surface area contributed by atoms with Crippen molar-refractivity contribution in [2.75, 3.05) is 39.3 Å². The molecule has 0 aliphatic heterocycles. The molecule has 1 aromatic carbocycles. The van der Waals surface area contributed by atoms with Crippen LogP contribution in [0.4, 0.5) is 0 Å². The number of aliphatic imine (C=N–C) groups is 1. The molecule has 1 aromatic rings. The number of amides is 1. The lowest BCUT2D eigenvalue weighted by Gasteiger charge is -2.22. The molecule has 164 valence electrons. The monoisotopic (exact) mass is 403 g/mol. The van der Waals surface area contributed by atoms with Crippen LogP contribution in [-0.4, -0.2) is 67.0 Å². The quantitative estimate of drug-likeness (QED) is 0.392. The number of carbonyl (C=O) groups excluding carboxylic acids is 1. The van der Waals surface area contributed by atoms with Gasteiger partial charge in [-0.15, -0.1) is 0 Å². The van der Waals surface area contributed by atoms with Crippen molar-refractivity contribution in [1.82, 2.24) is 20.4 Å². The number of nitrogens with one attached hydrogen (secondary N) is 2. The molecule has 0 heterocycles. The summed E-state index contributed by atoms with van der Waals surface area (Å²) in [4.78, 5) is 21.5. The summed E-state index contributed by atoms with van der Waals surface area (Å²) in [6.45, 7) is 16.2. The lowest BCUT2D eigenvalue weighted by molar-refractivity contribution is -0.130. The predicted octanol–water partition coefficient (Wildman–Crippen LogP) is 3.10. The van der Waals surface area contributed by atoms with Crippen molar-refractivity contribution in [2.24, 2.45) is 4.99 Å². The molecule has 0 saturated carbocycles. The van der Waals surface area contributed by atoms with E-state index in [0.717, 1.165) is 44.6 Å². The molecular weight excluding hydrogens is 362 g/mol. The maximum Gasteiger partial charge on any atom is 0.244 e. The van der Waals surface area contributed by atoms with Crippen LogP contribution in [0.3, 0.4) is 0 Å². The number of hydrogen-bond acceptors (Lipinski definition) is 3. The van der Waals surface area contributed by atoms with Gasteiger partial charge in [0.15, 0.2) is 5.96 Å². The van der Waals surface area contributed by atoms with E-state index < -0.39 is 0 Å². The molecule has 2 N–H and O–H groups in total. The maximum absolute atomic E-state index is 12.6. The van der Waals surface area contributed by atoms with Crippen LogP contribution in [-0.2, 0) is 11.3 Å². The molecule has 1 amide bonds. The molecule has 0 fully saturated rings. The molecule has 1 unspecified atom stereocenters. The number of rotatable bonds is 13. The first-order valence-electron chi connectivity index (χ1n) is 11.1. The van der Waals surface area contributed by atoms with Crippen LogP contribution in [0.5, 0.6) is 0 Å². The third-order valence-corrected chi connectivity index (χ3v) is 5.06. The summed E-state index contributed by atoms with van der Waals surface area (Å²) in [6.07, 6.45) is 2.22. The number of likely N-dealkylation sites (N-methyl/N-ethyl adjacent to an activating group) is 1. The minimum absolute atomic E-state index is 0.0442. The molecule has 0 saturated heterocycles. The lowest BCUT2D eigenvalue weighted by Crippen LogP contribution is -2.43. The number of benzene rings is 1. The normalized spacial score (nSPS) is 12.7. The molecule has 0 aliphatic rings. The van der Waals surface area contributed by atoms with Crippen LogP contribution in [0, 0.1) is 0 Å². The summed E-state index contributed by atoms with van der Waals surface area (Å²) in [5.74, 6) is 0.759. The summed E-state index contributed by atoms with van der Waals surface area (Å²) in [7, 11) is 0. The average Bonchev–Trinajstić information content (AvgIpc) is 2.74. The van der Waals surface area contributed by atoms with Crippen LogP contribution in [0.1, 0.15) is 53.0 Å². The summed E-state index contributed by atoms with van der Waals surface area (Å²) >= 11 is 0. The van der Waals surface area contributed by atoms with Crippen molar-refractivity contribution in [3.63, 3.8) is 0 Å². The third-order valence-electron chi connectivity index (χ3n) is 5.06. The second-order valence-electron chi connectivity index (χ2n) is 7.30. The molecule has 0 aliphatic carbocycles. The van der Waals surface area contributed by atoms with Gasteiger partial charge in [0.25, 0.3) is 0 Å². The van der Waals surface area contributed by atoms with E-state index in [4.69, 9.17) is 0 Å². The standard InChI is InChI=1S/C23H41N5O/c1-6-24-23(26-20(5)14-13-17-27(7-2)8-3)25-18-22(29)28(9-4)19-21-15-11-10-12-16-21/h10-12,15-16,20H,6-9,13-14,17-19H2,1-5H3,(H2,24,25,26). The molecule has 1 atom stereocenters. The van der Waals surface area contributed by atoms with Gasteiger partial charge < -0.3 is 20.4 Å². The summed E-state index contributed by atoms with van der Waals surface area (Å²) in [6, 6.07) is 10.4. The van der Waals surface area contributed by atoms with Gasteiger partial charge in [-0.2, -0.15) is 0 Å². The minimum atomic E-state index is 0.0442. The van der Waals surface area contributed by atoms with Gasteiger partial charge in [-0.25, -0.2) is 4.99 Å². The van der Waals surface area contributed by atoms with E-state index in [1.807, 2.05) is 49.1 Å². The fourth-order valence-electron chi connectivity index (χ4n) is 3.21. The van der Waals surface area contributed by atoms with Gasteiger partial charge in [0.1, 0.15) is 6.54 Å². The molecule has 0 spiro atoms. The zero-order valence-corrected chi connectivity index (χ0v) is 19.1. The van der Waals surface area contributed by atoms with Crippen molar-refractivity contribution < 1.29 is 4.79 Å². The smallest absolute Gasteiger partial charge is 0.244 e. The van der Waals surface area contributed by atoms with Gasteiger partial charge in [0.2, 0.25) is 5.91 Å². The Morgan fingerprint density at radius 1 is 1.07 bits per heavy atom. The van der Waals surface area contributed by atoms with E-state index >= 15 is 0 Å². The van der Waals surface area contributed by atoms with Gasteiger partial charge in [-0.05, 0) is 58.8 Å². The first-order valence-corrected chi connectivity index (χ1v) is 11.1. The molecule has 6 nitrogen and oxygen atoms in total. The highest BCUT2D eigenvalue weighted by Crippen LogP contribution is 2.05. The Labute approximate surface area is 177 Å². The third kappa shape index (κ3) is 10.3. The van der Waals surface area contributed by atoms with E-state index in [2.05, 4.69) is 41.3 Å². The first kappa shape index (κ1) is 25.0. The van der Waals surface area contributed by atoms with E-state index in [1.165, 1.54) is 0 Å². The van der Waals surface area contributed by atoms with Crippen molar-refractivity contribution in [1.29, 1.82) is 0 Å². The molecular formula is C23H41N5O. The van der Waals surface area contributed by atoms with Gasteiger partial charge >= 0.3 is 0 Å². The molecule has 6 heteroatoms. The van der Waals surface area contributed by atoms with Crippen LogP contribution in [0.2, 0.25) is 0 Å². The van der Waals surface area contributed by atoms with Gasteiger partial charge in [0.05, 0.1) is 0 Å². The van der Waals surface area contributed by atoms with Crippen LogP contribution in [0.15, 0.2) is 35.3 Å². The number of guanidine groups is 1. The van der Waals surface area contributed by atoms with Crippen molar-refractivity contribution in [3.8, 4) is 0 Å². The maximum atomic E-state index is 12.6. The second-order valence-corrected chi connectivity index (χ2v) is 7.30. The largest absolute Gasteiger partial charge is 0.357 e. The zero-order chi connectivity index (χ0) is 21.5. The molecule has 0 bridgehead atoms. The van der Waals surface area contributed by atoms with Crippen molar-refractivity contribution in [2.45, 2.75) is 60.0 Å². The Bertz CT molecular complexity index is 586. The Balaban J connectivity index is 2.54. The van der Waals surface area contributed by atoms with Gasteiger partial charge in [-0.3, -0.25) is 4.79 Å². The highest BCUT2D eigenvalue weighted by molar-refractivity contribution is 5.85. The number of nitrogens with zero attached hydrogens (tertiary/aromatic N) is 3. The first-order chi connectivity index (χ1) is 14.0. The number of carbonyl (C=O) groups is 1. The minimum Gasteiger partial charge on any atom is -0.357 e. The molecule has 29 heavy (non-hydrogen) atoms. The zero-order valence-electron chi connectivity index (χ0n) is 19.1. The van der Waals surface area contributed by atoms with Crippen molar-refractivity contribution in [3.05, 3.63) is 35.9 Å². The SMILES string of the molecule is CCNC(=NCC(=O)N(CC)Cc1ccccc1)NC(C)CCCN(CC)CC. The van der Waals surface area contributed by atoms with E-state index in [0.29, 0.717) is 25.1 Å². The summed E-state index contributed by atoms with van der Waals surface area (Å²) < 4.78 is 0. The number of hydrogen-bond donors (Lipinski definition) is 2. The Morgan fingerprint density at radius 3 is 2.34 bits per heavy atom. The highest BCUT2D eigenvalue weighted by Gasteiger charge is 2.13. The summed E-state index contributed by atoms with van der Waals surface area (Å²) in [5, 5.41) is 6.69. The Hall–Kier alpha value is -2.08. The van der Waals surface area contributed by atoms with Crippen LogP contribution < -0.4 is 10.6 Å². The Morgan fingerprint density at radius 2 is 1.76 bits per heavy atom. The second kappa shape index (κ2) is 14.9. The molecule has 1 rings (SSSR count).